The van der Waals surface area contributed by atoms with E-state index >= 15 is 0 Å². The van der Waals surface area contributed by atoms with Crippen LogP contribution in [0.1, 0.15) is 18.4 Å². The fourth-order valence-corrected chi connectivity index (χ4v) is 2.91. The van der Waals surface area contributed by atoms with Gasteiger partial charge in [-0.05, 0) is 42.0 Å². The maximum atomic E-state index is 5.57. The maximum absolute atomic E-state index is 5.57. The zero-order chi connectivity index (χ0) is 17.8. The van der Waals surface area contributed by atoms with Crippen molar-refractivity contribution in [2.75, 3.05) is 6.61 Å². The summed E-state index contributed by atoms with van der Waals surface area (Å²) in [7, 11) is 0. The lowest BCUT2D eigenvalue weighted by molar-refractivity contribution is 0.133. The van der Waals surface area contributed by atoms with Crippen LogP contribution in [0, 0.1) is 5.92 Å². The molecule has 0 amide bonds. The first-order valence-electron chi connectivity index (χ1n) is 8.65. The second-order valence-electron chi connectivity index (χ2n) is 6.45. The van der Waals surface area contributed by atoms with Crippen molar-refractivity contribution in [3.8, 4) is 11.1 Å². The molecule has 132 valence electrons. The van der Waals surface area contributed by atoms with Gasteiger partial charge in [-0.2, -0.15) is 5.10 Å². The summed E-state index contributed by atoms with van der Waals surface area (Å²) >= 11 is 3.47. The Morgan fingerprint density at radius 2 is 1.77 bits per heavy atom. The van der Waals surface area contributed by atoms with Gasteiger partial charge in [0.1, 0.15) is 25.0 Å². The molecule has 0 radical (unpaired) electrons. The molecule has 1 aliphatic carbocycles. The number of oxime groups is 1. The van der Waals surface area contributed by atoms with Gasteiger partial charge in [0.2, 0.25) is 0 Å². The first-order valence-corrected chi connectivity index (χ1v) is 9.45. The lowest BCUT2D eigenvalue weighted by Crippen LogP contribution is -2.13. The summed E-state index contributed by atoms with van der Waals surface area (Å²) < 4.78 is 2.83. The van der Waals surface area contributed by atoms with Crippen molar-refractivity contribution in [2.45, 2.75) is 19.4 Å². The molecule has 0 spiro atoms. The van der Waals surface area contributed by atoms with E-state index in [2.05, 4.69) is 67.6 Å². The standard InChI is InChI=1S/C20H19BrN4O/c21-19-9-7-17(8-10-19)16-3-5-18(6-4-16)20(11-25-14-22-13-23-25)24-26-12-15-1-2-15/h3-10,13-15H,1-2,11-12H2/b24-20-. The van der Waals surface area contributed by atoms with Gasteiger partial charge in [-0.1, -0.05) is 57.5 Å². The summed E-state index contributed by atoms with van der Waals surface area (Å²) in [6.07, 6.45) is 5.71. The molecule has 2 aromatic carbocycles. The van der Waals surface area contributed by atoms with Crippen molar-refractivity contribution in [1.29, 1.82) is 0 Å². The molecule has 5 nitrogen and oxygen atoms in total. The largest absolute Gasteiger partial charge is 0.395 e. The number of halogens is 1. The van der Waals surface area contributed by atoms with Crippen LogP contribution in [0.2, 0.25) is 0 Å². The normalized spacial score (nSPS) is 14.4. The summed E-state index contributed by atoms with van der Waals surface area (Å²) in [5, 5.41) is 8.56. The van der Waals surface area contributed by atoms with E-state index in [-0.39, 0.29) is 0 Å². The predicted molar refractivity (Wildman–Crippen MR) is 105 cm³/mol. The number of benzene rings is 2. The lowest BCUT2D eigenvalue weighted by atomic mass is 10.0. The van der Waals surface area contributed by atoms with Crippen molar-refractivity contribution < 1.29 is 4.84 Å². The van der Waals surface area contributed by atoms with Crippen LogP contribution in [0.3, 0.4) is 0 Å². The highest BCUT2D eigenvalue weighted by atomic mass is 79.9. The second-order valence-corrected chi connectivity index (χ2v) is 7.37. The number of hydrogen-bond donors (Lipinski definition) is 0. The SMILES string of the molecule is Brc1ccc(-c2ccc(/C(Cn3cncn3)=N\OCC3CC3)cc2)cc1. The quantitative estimate of drug-likeness (QED) is 0.424. The van der Waals surface area contributed by atoms with Gasteiger partial charge in [-0.15, -0.1) is 0 Å². The molecular formula is C20H19BrN4O. The monoisotopic (exact) mass is 410 g/mol. The molecular weight excluding hydrogens is 392 g/mol. The summed E-state index contributed by atoms with van der Waals surface area (Å²) in [5.74, 6) is 0.672. The van der Waals surface area contributed by atoms with E-state index < -0.39 is 0 Å². The molecule has 0 unspecified atom stereocenters. The maximum Gasteiger partial charge on any atom is 0.137 e. The molecule has 0 saturated heterocycles. The average molecular weight is 411 g/mol. The number of nitrogens with zero attached hydrogens (tertiary/aromatic N) is 4. The fourth-order valence-electron chi connectivity index (χ4n) is 2.64. The minimum atomic E-state index is 0.530. The Bertz CT molecular complexity index is 869. The van der Waals surface area contributed by atoms with Crippen LogP contribution < -0.4 is 0 Å². The molecule has 6 heteroatoms. The summed E-state index contributed by atoms with van der Waals surface area (Å²) in [6.45, 7) is 1.22. The second kappa shape index (κ2) is 7.83. The number of hydrogen-bond acceptors (Lipinski definition) is 4. The fraction of sp³-hybridized carbons (Fsp3) is 0.250. The molecule has 26 heavy (non-hydrogen) atoms. The van der Waals surface area contributed by atoms with Crippen LogP contribution in [-0.4, -0.2) is 27.1 Å². The lowest BCUT2D eigenvalue weighted by Gasteiger charge is -2.09. The van der Waals surface area contributed by atoms with Gasteiger partial charge < -0.3 is 4.84 Å². The Labute approximate surface area is 160 Å². The molecule has 0 bridgehead atoms. The first kappa shape index (κ1) is 17.0. The Kier molecular flexibility index (Phi) is 5.11. The van der Waals surface area contributed by atoms with Crippen molar-refractivity contribution in [2.24, 2.45) is 11.1 Å². The predicted octanol–water partition coefficient (Wildman–Crippen LogP) is 4.54. The Balaban J connectivity index is 1.54. The first-order chi connectivity index (χ1) is 12.8. The van der Waals surface area contributed by atoms with Crippen molar-refractivity contribution >= 4 is 21.6 Å². The average Bonchev–Trinajstić information content (AvgIpc) is 3.35. The van der Waals surface area contributed by atoms with E-state index in [0.29, 0.717) is 19.1 Å². The molecule has 3 aromatic rings. The van der Waals surface area contributed by atoms with Crippen molar-refractivity contribution in [1.82, 2.24) is 14.8 Å². The number of rotatable bonds is 7. The van der Waals surface area contributed by atoms with Gasteiger partial charge in [-0.3, -0.25) is 0 Å². The highest BCUT2D eigenvalue weighted by molar-refractivity contribution is 9.10. The molecule has 1 saturated carbocycles. The molecule has 4 rings (SSSR count). The zero-order valence-corrected chi connectivity index (χ0v) is 15.8. The summed E-state index contributed by atoms with van der Waals surface area (Å²) in [6, 6.07) is 16.7. The third-order valence-corrected chi connectivity index (χ3v) is 4.88. The topological polar surface area (TPSA) is 52.3 Å². The van der Waals surface area contributed by atoms with Gasteiger partial charge in [0.15, 0.2) is 0 Å². The van der Waals surface area contributed by atoms with Crippen LogP contribution in [0.25, 0.3) is 11.1 Å². The highest BCUT2D eigenvalue weighted by Crippen LogP contribution is 2.29. The molecule has 1 heterocycles. The van der Waals surface area contributed by atoms with Crippen LogP contribution in [0.5, 0.6) is 0 Å². The summed E-state index contributed by atoms with van der Waals surface area (Å²) in [5.41, 5.74) is 4.22. The molecule has 1 aromatic heterocycles. The third-order valence-electron chi connectivity index (χ3n) is 4.36. The Hall–Kier alpha value is -2.47. The van der Waals surface area contributed by atoms with Crippen LogP contribution in [0.4, 0.5) is 0 Å². The van der Waals surface area contributed by atoms with Crippen molar-refractivity contribution in [3.05, 3.63) is 71.2 Å². The molecule has 0 aliphatic heterocycles. The van der Waals surface area contributed by atoms with Gasteiger partial charge in [0.25, 0.3) is 0 Å². The minimum absolute atomic E-state index is 0.530. The van der Waals surface area contributed by atoms with Gasteiger partial charge in [0.05, 0.1) is 6.54 Å². The van der Waals surface area contributed by atoms with Crippen LogP contribution >= 0.6 is 15.9 Å². The minimum Gasteiger partial charge on any atom is -0.395 e. The molecule has 1 aliphatic rings. The van der Waals surface area contributed by atoms with E-state index in [1.165, 1.54) is 30.3 Å². The van der Waals surface area contributed by atoms with Crippen LogP contribution in [0.15, 0.2) is 70.8 Å². The Morgan fingerprint density at radius 1 is 1.08 bits per heavy atom. The third kappa shape index (κ3) is 4.38. The molecule has 0 atom stereocenters. The highest BCUT2D eigenvalue weighted by Gasteiger charge is 2.22. The van der Waals surface area contributed by atoms with Gasteiger partial charge in [-0.25, -0.2) is 9.67 Å². The number of aromatic nitrogens is 3. The van der Waals surface area contributed by atoms with Crippen molar-refractivity contribution in [3.63, 3.8) is 0 Å². The Morgan fingerprint density at radius 3 is 2.38 bits per heavy atom. The van der Waals surface area contributed by atoms with Gasteiger partial charge >= 0.3 is 0 Å². The van der Waals surface area contributed by atoms with E-state index in [4.69, 9.17) is 4.84 Å². The van der Waals surface area contributed by atoms with E-state index in [1.807, 2.05) is 12.1 Å². The van der Waals surface area contributed by atoms with E-state index in [0.717, 1.165) is 15.7 Å². The van der Waals surface area contributed by atoms with Crippen LogP contribution in [-0.2, 0) is 11.4 Å². The smallest absolute Gasteiger partial charge is 0.137 e. The summed E-state index contributed by atoms with van der Waals surface area (Å²) in [4.78, 5) is 9.57. The molecule has 0 N–H and O–H groups in total. The molecule has 1 fully saturated rings. The van der Waals surface area contributed by atoms with E-state index in [9.17, 15) is 0 Å². The zero-order valence-electron chi connectivity index (χ0n) is 14.3. The van der Waals surface area contributed by atoms with Gasteiger partial charge in [0, 0.05) is 10.0 Å². The van der Waals surface area contributed by atoms with E-state index in [1.54, 1.807) is 11.0 Å².